The molecule has 0 aromatic carbocycles. The smallest absolute Gasteiger partial charge is 0.222 e. The minimum absolute atomic E-state index is 0.124. The lowest BCUT2D eigenvalue weighted by molar-refractivity contribution is -0.134. The third kappa shape index (κ3) is 2.72. The van der Waals surface area contributed by atoms with E-state index >= 15 is 0 Å². The van der Waals surface area contributed by atoms with E-state index in [1.807, 2.05) is 0 Å². The molecule has 2 heterocycles. The van der Waals surface area contributed by atoms with Crippen molar-refractivity contribution in [1.29, 1.82) is 0 Å². The molecule has 2 N–H and O–H groups in total. The van der Waals surface area contributed by atoms with Gasteiger partial charge in [-0.1, -0.05) is 0 Å². The van der Waals surface area contributed by atoms with Gasteiger partial charge < -0.3 is 15.5 Å². The highest BCUT2D eigenvalue weighted by atomic mass is 16.2. The summed E-state index contributed by atoms with van der Waals surface area (Å²) in [6.45, 7) is 2.56. The molecule has 2 aliphatic heterocycles. The van der Waals surface area contributed by atoms with Crippen molar-refractivity contribution in [2.45, 2.75) is 25.3 Å². The van der Waals surface area contributed by atoms with Crippen molar-refractivity contribution in [3.63, 3.8) is 0 Å². The van der Waals surface area contributed by atoms with Crippen LogP contribution in [-0.4, -0.2) is 49.4 Å². The minimum Gasteiger partial charge on any atom is -0.352 e. The van der Waals surface area contributed by atoms with Crippen LogP contribution in [0, 0.1) is 5.92 Å². The Labute approximate surface area is 95.6 Å². The number of amides is 2. The Bertz CT molecular complexity index is 289. The second-order valence-corrected chi connectivity index (χ2v) is 4.81. The monoisotopic (exact) mass is 225 g/mol. The molecule has 0 spiro atoms. The summed E-state index contributed by atoms with van der Waals surface area (Å²) in [5, 5.41) is 6.16. The van der Waals surface area contributed by atoms with Gasteiger partial charge >= 0.3 is 0 Å². The van der Waals surface area contributed by atoms with Gasteiger partial charge in [0.1, 0.15) is 0 Å². The molecule has 5 heteroatoms. The zero-order valence-corrected chi connectivity index (χ0v) is 9.66. The van der Waals surface area contributed by atoms with Gasteiger partial charge in [0.15, 0.2) is 0 Å². The molecule has 2 rings (SSSR count). The molecule has 0 aromatic rings. The summed E-state index contributed by atoms with van der Waals surface area (Å²) in [5.41, 5.74) is 0. The fraction of sp³-hybridized carbons (Fsp3) is 0.818. The van der Waals surface area contributed by atoms with Gasteiger partial charge in [-0.15, -0.1) is 0 Å². The maximum atomic E-state index is 11.7. The number of likely N-dealkylation sites (N-methyl/N-ethyl adjacent to an activating group) is 1. The van der Waals surface area contributed by atoms with Crippen LogP contribution >= 0.6 is 0 Å². The first kappa shape index (κ1) is 11.4. The lowest BCUT2D eigenvalue weighted by Crippen LogP contribution is -2.50. The van der Waals surface area contributed by atoms with Crippen molar-refractivity contribution in [1.82, 2.24) is 15.5 Å². The van der Waals surface area contributed by atoms with E-state index in [0.717, 1.165) is 19.5 Å². The molecule has 2 aliphatic rings. The Balaban J connectivity index is 1.72. The van der Waals surface area contributed by atoms with Crippen molar-refractivity contribution in [3.8, 4) is 0 Å². The maximum absolute atomic E-state index is 11.7. The quantitative estimate of drug-likeness (QED) is 0.670. The van der Waals surface area contributed by atoms with Crippen LogP contribution in [0.15, 0.2) is 0 Å². The molecule has 1 atom stereocenters. The largest absolute Gasteiger partial charge is 0.352 e. The summed E-state index contributed by atoms with van der Waals surface area (Å²) >= 11 is 0. The van der Waals surface area contributed by atoms with Gasteiger partial charge in [0.05, 0.1) is 0 Å². The molecule has 0 aliphatic carbocycles. The van der Waals surface area contributed by atoms with E-state index in [9.17, 15) is 9.59 Å². The average molecular weight is 225 g/mol. The van der Waals surface area contributed by atoms with Gasteiger partial charge in [-0.2, -0.15) is 0 Å². The molecule has 2 fully saturated rings. The predicted molar refractivity (Wildman–Crippen MR) is 59.8 cm³/mol. The van der Waals surface area contributed by atoms with E-state index in [-0.39, 0.29) is 17.9 Å². The Morgan fingerprint density at radius 3 is 2.88 bits per heavy atom. The standard InChI is InChI=1S/C11H19N3O2/c1-14-7-9(2-3-11(14)16)13-10(15)4-8-5-12-6-8/h8-9,12H,2-7H2,1H3,(H,13,15). The Morgan fingerprint density at radius 2 is 2.31 bits per heavy atom. The number of carbonyl (C=O) groups excluding carboxylic acids is 2. The topological polar surface area (TPSA) is 61.4 Å². The van der Waals surface area contributed by atoms with Crippen LogP contribution in [0.2, 0.25) is 0 Å². The Kier molecular flexibility index (Phi) is 3.43. The normalized spacial score (nSPS) is 26.4. The molecule has 90 valence electrons. The molecule has 1 unspecified atom stereocenters. The lowest BCUT2D eigenvalue weighted by atomic mass is 9.98. The van der Waals surface area contributed by atoms with Crippen molar-refractivity contribution < 1.29 is 9.59 Å². The number of nitrogens with one attached hydrogen (secondary N) is 2. The van der Waals surface area contributed by atoms with Crippen molar-refractivity contribution in [2.24, 2.45) is 5.92 Å². The summed E-state index contributed by atoms with van der Waals surface area (Å²) in [6, 6.07) is 0.142. The number of carbonyl (C=O) groups is 2. The Hall–Kier alpha value is -1.10. The summed E-state index contributed by atoms with van der Waals surface area (Å²) in [4.78, 5) is 24.6. The third-order valence-electron chi connectivity index (χ3n) is 3.33. The molecule has 0 saturated carbocycles. The molecule has 0 radical (unpaired) electrons. The van der Waals surface area contributed by atoms with Crippen LogP contribution in [-0.2, 0) is 9.59 Å². The average Bonchev–Trinajstić information content (AvgIpc) is 2.18. The second kappa shape index (κ2) is 4.82. The summed E-state index contributed by atoms with van der Waals surface area (Å²) in [5.74, 6) is 0.802. The molecule has 5 nitrogen and oxygen atoms in total. The first-order chi connectivity index (χ1) is 7.65. The number of piperidine rings is 1. The highest BCUT2D eigenvalue weighted by molar-refractivity contribution is 5.79. The zero-order chi connectivity index (χ0) is 11.5. The van der Waals surface area contributed by atoms with E-state index < -0.39 is 0 Å². The molecule has 0 bridgehead atoms. The van der Waals surface area contributed by atoms with E-state index in [1.165, 1.54) is 0 Å². The minimum atomic E-state index is 0.124. The number of rotatable bonds is 3. The number of hydrogen-bond donors (Lipinski definition) is 2. The van der Waals surface area contributed by atoms with Crippen LogP contribution in [0.5, 0.6) is 0 Å². The van der Waals surface area contributed by atoms with Crippen molar-refractivity contribution in [3.05, 3.63) is 0 Å². The van der Waals surface area contributed by atoms with Gasteiger partial charge in [0, 0.05) is 32.5 Å². The lowest BCUT2D eigenvalue weighted by Gasteiger charge is -2.31. The first-order valence-electron chi connectivity index (χ1n) is 5.89. The molecule has 2 saturated heterocycles. The van der Waals surface area contributed by atoms with Gasteiger partial charge in [0.2, 0.25) is 11.8 Å². The second-order valence-electron chi connectivity index (χ2n) is 4.81. The fourth-order valence-electron chi connectivity index (χ4n) is 2.17. The summed E-state index contributed by atoms with van der Waals surface area (Å²) in [7, 11) is 1.79. The first-order valence-corrected chi connectivity index (χ1v) is 5.89. The van der Waals surface area contributed by atoms with Crippen LogP contribution < -0.4 is 10.6 Å². The number of hydrogen-bond acceptors (Lipinski definition) is 3. The van der Waals surface area contributed by atoms with E-state index in [2.05, 4.69) is 10.6 Å². The van der Waals surface area contributed by atoms with Gasteiger partial charge in [-0.05, 0) is 25.4 Å². The van der Waals surface area contributed by atoms with E-state index in [4.69, 9.17) is 0 Å². The van der Waals surface area contributed by atoms with Gasteiger partial charge in [-0.3, -0.25) is 9.59 Å². The molecule has 16 heavy (non-hydrogen) atoms. The van der Waals surface area contributed by atoms with E-state index in [1.54, 1.807) is 11.9 Å². The maximum Gasteiger partial charge on any atom is 0.222 e. The molecular formula is C11H19N3O2. The van der Waals surface area contributed by atoms with Crippen molar-refractivity contribution in [2.75, 3.05) is 26.7 Å². The molecule has 0 aromatic heterocycles. The van der Waals surface area contributed by atoms with Crippen LogP contribution in [0.3, 0.4) is 0 Å². The van der Waals surface area contributed by atoms with Crippen LogP contribution in [0.25, 0.3) is 0 Å². The molecular weight excluding hydrogens is 206 g/mol. The number of nitrogens with zero attached hydrogens (tertiary/aromatic N) is 1. The van der Waals surface area contributed by atoms with Gasteiger partial charge in [-0.25, -0.2) is 0 Å². The predicted octanol–water partition coefficient (Wildman–Crippen LogP) is -0.667. The highest BCUT2D eigenvalue weighted by Gasteiger charge is 2.26. The number of likely N-dealkylation sites (tertiary alicyclic amines) is 1. The Morgan fingerprint density at radius 1 is 1.56 bits per heavy atom. The van der Waals surface area contributed by atoms with Crippen LogP contribution in [0.1, 0.15) is 19.3 Å². The van der Waals surface area contributed by atoms with E-state index in [0.29, 0.717) is 25.3 Å². The summed E-state index contributed by atoms with van der Waals surface area (Å²) < 4.78 is 0. The summed E-state index contributed by atoms with van der Waals surface area (Å²) in [6.07, 6.45) is 1.94. The fourth-order valence-corrected chi connectivity index (χ4v) is 2.17. The molecule has 2 amide bonds. The zero-order valence-electron chi connectivity index (χ0n) is 9.66. The SMILES string of the molecule is CN1CC(NC(=O)CC2CNC2)CCC1=O. The van der Waals surface area contributed by atoms with Crippen molar-refractivity contribution >= 4 is 11.8 Å². The highest BCUT2D eigenvalue weighted by Crippen LogP contribution is 2.12. The third-order valence-corrected chi connectivity index (χ3v) is 3.33. The van der Waals surface area contributed by atoms with Gasteiger partial charge in [0.25, 0.3) is 0 Å². The van der Waals surface area contributed by atoms with Crippen LogP contribution in [0.4, 0.5) is 0 Å².